The van der Waals surface area contributed by atoms with E-state index in [0.717, 1.165) is 32.6 Å². The molecule has 0 aliphatic heterocycles. The summed E-state index contributed by atoms with van der Waals surface area (Å²) in [5.41, 5.74) is 1.02. The zero-order valence-corrected chi connectivity index (χ0v) is 15.7. The van der Waals surface area contributed by atoms with Crippen molar-refractivity contribution in [2.45, 2.75) is 32.9 Å². The van der Waals surface area contributed by atoms with E-state index < -0.39 is 0 Å². The van der Waals surface area contributed by atoms with E-state index in [4.69, 9.17) is 16.3 Å². The third-order valence-corrected chi connectivity index (χ3v) is 4.28. The summed E-state index contributed by atoms with van der Waals surface area (Å²) in [5, 5.41) is 4.23. The van der Waals surface area contributed by atoms with Crippen LogP contribution in [0, 0.1) is 5.92 Å². The molecule has 7 heteroatoms. The van der Waals surface area contributed by atoms with Gasteiger partial charge in [0.1, 0.15) is 18.7 Å². The maximum Gasteiger partial charge on any atom is 0.164 e. The molecule has 0 fully saturated rings. The highest BCUT2D eigenvalue weighted by atomic mass is 79.9. The predicted molar refractivity (Wildman–Crippen MR) is 90.6 cm³/mol. The van der Waals surface area contributed by atoms with Gasteiger partial charge < -0.3 is 4.74 Å². The molecular weight excluding hydrogens is 421 g/mol. The first kappa shape index (κ1) is 16.8. The van der Waals surface area contributed by atoms with Crippen molar-refractivity contribution < 1.29 is 4.74 Å². The number of hydrogen-bond donors (Lipinski definition) is 0. The topological polar surface area (TPSA) is 39.9 Å². The number of aromatic nitrogens is 3. The lowest BCUT2D eigenvalue weighted by Crippen LogP contribution is -2.12. The lowest BCUT2D eigenvalue weighted by Gasteiger charge is -2.13. The minimum absolute atomic E-state index is 0.365. The van der Waals surface area contributed by atoms with Crippen LogP contribution in [0.1, 0.15) is 25.2 Å². The summed E-state index contributed by atoms with van der Waals surface area (Å²) in [4.78, 5) is 4.25. The van der Waals surface area contributed by atoms with E-state index >= 15 is 0 Å². The third-order valence-electron chi connectivity index (χ3n) is 2.79. The fraction of sp³-hybridized carbons (Fsp3) is 0.429. The Hall–Kier alpha value is -0.590. The fourth-order valence-corrected chi connectivity index (χ4v) is 3.53. The number of nitrogens with zero attached hydrogens (tertiary/aromatic N) is 3. The predicted octanol–water partition coefficient (Wildman–Crippen LogP) is 4.78. The Kier molecular flexibility index (Phi) is 6.08. The van der Waals surface area contributed by atoms with Crippen LogP contribution in [0.4, 0.5) is 0 Å². The van der Waals surface area contributed by atoms with Crippen LogP contribution in [0.15, 0.2) is 27.4 Å². The van der Waals surface area contributed by atoms with Gasteiger partial charge in [0, 0.05) is 12.4 Å². The Balaban J connectivity index is 2.12. The number of hydrogen-bond acceptors (Lipinski definition) is 3. The zero-order valence-electron chi connectivity index (χ0n) is 11.8. The van der Waals surface area contributed by atoms with E-state index in [2.05, 4.69) is 55.8 Å². The van der Waals surface area contributed by atoms with Crippen LogP contribution in [-0.2, 0) is 19.0 Å². The van der Waals surface area contributed by atoms with Gasteiger partial charge in [-0.2, -0.15) is 5.10 Å². The van der Waals surface area contributed by atoms with Crippen LogP contribution in [0.2, 0.25) is 0 Å². The molecule has 21 heavy (non-hydrogen) atoms. The van der Waals surface area contributed by atoms with E-state index in [1.807, 2.05) is 16.8 Å². The van der Waals surface area contributed by atoms with Crippen LogP contribution in [0.25, 0.3) is 0 Å². The van der Waals surface area contributed by atoms with Crippen LogP contribution in [-0.4, -0.2) is 14.8 Å². The molecule has 1 heterocycles. The lowest BCUT2D eigenvalue weighted by molar-refractivity contribution is 0.279. The number of ether oxygens (including phenoxy) is 1. The first-order valence-electron chi connectivity index (χ1n) is 6.54. The smallest absolute Gasteiger partial charge is 0.164 e. The molecule has 0 saturated heterocycles. The van der Waals surface area contributed by atoms with Crippen LogP contribution in [0.5, 0.6) is 5.75 Å². The first-order valence-corrected chi connectivity index (χ1v) is 8.66. The molecule has 1 aromatic carbocycles. The normalized spacial score (nSPS) is 11.1. The van der Waals surface area contributed by atoms with Crippen LogP contribution < -0.4 is 4.74 Å². The average Bonchev–Trinajstić information content (AvgIpc) is 2.84. The van der Waals surface area contributed by atoms with Gasteiger partial charge in [-0.25, -0.2) is 9.67 Å². The molecule has 1 aromatic heterocycles. The number of rotatable bonds is 6. The van der Waals surface area contributed by atoms with Gasteiger partial charge in [-0.1, -0.05) is 13.8 Å². The molecule has 2 rings (SSSR count). The average molecular weight is 438 g/mol. The second kappa shape index (κ2) is 7.61. The van der Waals surface area contributed by atoms with Crippen molar-refractivity contribution in [3.8, 4) is 5.75 Å². The molecule has 0 spiro atoms. The number of alkyl halides is 1. The first-order chi connectivity index (χ1) is 10.0. The molecule has 0 amide bonds. The molecule has 0 aliphatic rings. The van der Waals surface area contributed by atoms with Crippen molar-refractivity contribution in [3.63, 3.8) is 0 Å². The zero-order chi connectivity index (χ0) is 15.4. The van der Waals surface area contributed by atoms with E-state index in [1.54, 1.807) is 6.33 Å². The lowest BCUT2D eigenvalue weighted by atomic mass is 10.2. The van der Waals surface area contributed by atoms with Gasteiger partial charge in [-0.3, -0.25) is 0 Å². The molecule has 114 valence electrons. The van der Waals surface area contributed by atoms with Gasteiger partial charge in [0.15, 0.2) is 5.82 Å². The van der Waals surface area contributed by atoms with Gasteiger partial charge in [-0.05, 0) is 55.5 Å². The molecule has 0 N–H and O–H groups in total. The Bertz CT molecular complexity index is 593. The summed E-state index contributed by atoms with van der Waals surface area (Å²) < 4.78 is 9.47. The molecule has 0 bridgehead atoms. The Morgan fingerprint density at radius 3 is 2.52 bits per heavy atom. The van der Waals surface area contributed by atoms with Gasteiger partial charge in [0.2, 0.25) is 0 Å². The summed E-state index contributed by atoms with van der Waals surface area (Å²) in [5.74, 6) is 2.51. The maximum atomic E-state index is 5.87. The van der Waals surface area contributed by atoms with Crippen molar-refractivity contribution in [2.75, 3.05) is 0 Å². The van der Waals surface area contributed by atoms with E-state index in [0.29, 0.717) is 18.4 Å². The second-order valence-electron chi connectivity index (χ2n) is 5.06. The van der Waals surface area contributed by atoms with E-state index in [9.17, 15) is 0 Å². The molecule has 4 nitrogen and oxygen atoms in total. The minimum atomic E-state index is 0.365. The van der Waals surface area contributed by atoms with Crippen LogP contribution in [0.3, 0.4) is 0 Å². The van der Waals surface area contributed by atoms with Crippen molar-refractivity contribution in [2.24, 2.45) is 5.92 Å². The SMILES string of the molecule is CC(C)Cn1ncnc1COc1c(Br)cc(CCl)cc1Br. The van der Waals surface area contributed by atoms with E-state index in [-0.39, 0.29) is 0 Å². The molecule has 0 unspecified atom stereocenters. The standard InChI is InChI=1S/C14H16Br2ClN3O/c1-9(2)6-20-13(18-8-19-20)7-21-14-11(15)3-10(5-17)4-12(14)16/h3-4,8-9H,5-7H2,1-2H3. The molecule has 2 aromatic rings. The Morgan fingerprint density at radius 1 is 1.29 bits per heavy atom. The van der Waals surface area contributed by atoms with Gasteiger partial charge in [0.05, 0.1) is 8.95 Å². The molecule has 0 saturated carbocycles. The van der Waals surface area contributed by atoms with Gasteiger partial charge in [-0.15, -0.1) is 11.6 Å². The highest BCUT2D eigenvalue weighted by molar-refractivity contribution is 9.11. The summed E-state index contributed by atoms with van der Waals surface area (Å²) in [6.07, 6.45) is 1.56. The van der Waals surface area contributed by atoms with Crippen molar-refractivity contribution in [1.29, 1.82) is 0 Å². The van der Waals surface area contributed by atoms with Crippen molar-refractivity contribution >= 4 is 43.5 Å². The highest BCUT2D eigenvalue weighted by Crippen LogP contribution is 2.35. The minimum Gasteiger partial charge on any atom is -0.483 e. The molecular formula is C14H16Br2ClN3O. The summed E-state index contributed by atoms with van der Waals surface area (Å²) >= 11 is 12.9. The van der Waals surface area contributed by atoms with E-state index in [1.165, 1.54) is 0 Å². The quantitative estimate of drug-likeness (QED) is 0.611. The molecule has 0 aliphatic carbocycles. The molecule has 0 radical (unpaired) electrons. The van der Waals surface area contributed by atoms with Crippen molar-refractivity contribution in [1.82, 2.24) is 14.8 Å². The summed E-state index contributed by atoms with van der Waals surface area (Å²) in [6.45, 7) is 5.48. The summed E-state index contributed by atoms with van der Waals surface area (Å²) in [6, 6.07) is 3.90. The highest BCUT2D eigenvalue weighted by Gasteiger charge is 2.12. The van der Waals surface area contributed by atoms with Gasteiger partial charge in [0.25, 0.3) is 0 Å². The third kappa shape index (κ3) is 4.44. The summed E-state index contributed by atoms with van der Waals surface area (Å²) in [7, 11) is 0. The van der Waals surface area contributed by atoms with Crippen LogP contribution >= 0.6 is 43.5 Å². The monoisotopic (exact) mass is 435 g/mol. The molecule has 0 atom stereocenters. The Labute approximate surface area is 146 Å². The number of benzene rings is 1. The van der Waals surface area contributed by atoms with Gasteiger partial charge >= 0.3 is 0 Å². The maximum absolute atomic E-state index is 5.87. The second-order valence-corrected chi connectivity index (χ2v) is 7.04. The Morgan fingerprint density at radius 2 is 1.95 bits per heavy atom. The number of halogens is 3. The van der Waals surface area contributed by atoms with Crippen molar-refractivity contribution in [3.05, 3.63) is 38.8 Å². The fourth-order valence-electron chi connectivity index (χ4n) is 1.86. The largest absolute Gasteiger partial charge is 0.483 e.